The second-order valence-corrected chi connectivity index (χ2v) is 7.21. The Hall–Kier alpha value is -3.16. The molecule has 4 rings (SSSR count). The van der Waals surface area contributed by atoms with Gasteiger partial charge in [-0.2, -0.15) is 0 Å². The number of hydrogen-bond acceptors (Lipinski definition) is 6. The molecule has 146 valence electrons. The van der Waals surface area contributed by atoms with E-state index in [1.54, 1.807) is 11.8 Å². The zero-order valence-electron chi connectivity index (χ0n) is 16.3. The lowest BCUT2D eigenvalue weighted by atomic mass is 10.1. The number of anilines is 1. The number of hydrogen-bond donors (Lipinski definition) is 0. The van der Waals surface area contributed by atoms with Gasteiger partial charge in [0, 0.05) is 31.9 Å². The van der Waals surface area contributed by atoms with E-state index in [9.17, 15) is 9.59 Å². The van der Waals surface area contributed by atoms with Gasteiger partial charge in [0.15, 0.2) is 0 Å². The third-order valence-electron chi connectivity index (χ3n) is 5.49. The molecule has 0 radical (unpaired) electrons. The molecule has 1 amide bonds. The minimum atomic E-state index is -0.300. The highest BCUT2D eigenvalue weighted by molar-refractivity contribution is 5.78. The Balaban J connectivity index is 1.45. The van der Waals surface area contributed by atoms with Crippen molar-refractivity contribution in [2.45, 2.75) is 27.3 Å². The quantitative estimate of drug-likeness (QED) is 0.686. The average Bonchev–Trinajstić information content (AvgIpc) is 3.08. The minimum Gasteiger partial charge on any atom is -0.368 e. The first-order chi connectivity index (χ1) is 13.5. The lowest BCUT2D eigenvalue weighted by molar-refractivity contribution is -0.132. The number of carbonyl (C=O) groups excluding carboxylic acids is 1. The number of piperazine rings is 1. The summed E-state index contributed by atoms with van der Waals surface area (Å²) in [6, 6.07) is 6.30. The van der Waals surface area contributed by atoms with Gasteiger partial charge in [-0.05, 0) is 38.0 Å². The second-order valence-electron chi connectivity index (χ2n) is 7.21. The molecule has 0 N–H and O–H groups in total. The number of aryl methyl sites for hydroxylation is 2. The van der Waals surface area contributed by atoms with Crippen molar-refractivity contribution in [1.29, 1.82) is 0 Å². The van der Waals surface area contributed by atoms with Crippen LogP contribution in [-0.2, 0) is 11.3 Å². The fraction of sp³-hybridized carbons (Fsp3) is 0.400. The van der Waals surface area contributed by atoms with Crippen LogP contribution in [0.5, 0.6) is 0 Å². The smallest absolute Gasteiger partial charge is 0.267 e. The van der Waals surface area contributed by atoms with Crippen LogP contribution in [-0.4, -0.2) is 51.7 Å². The predicted octanol–water partition coefficient (Wildman–Crippen LogP) is 1.66. The summed E-state index contributed by atoms with van der Waals surface area (Å²) < 4.78 is 6.33. The second kappa shape index (κ2) is 7.10. The predicted molar refractivity (Wildman–Crippen MR) is 106 cm³/mol. The summed E-state index contributed by atoms with van der Waals surface area (Å²) in [5.74, 6) is -0.0852. The Labute approximate surface area is 162 Å². The summed E-state index contributed by atoms with van der Waals surface area (Å²) in [6.45, 7) is 8.69. The maximum Gasteiger partial charge on any atom is 0.267 e. The van der Waals surface area contributed by atoms with Crippen LogP contribution in [0.3, 0.4) is 0 Å². The summed E-state index contributed by atoms with van der Waals surface area (Å²) in [5, 5.41) is 4.09. The molecule has 1 saturated heterocycles. The van der Waals surface area contributed by atoms with Gasteiger partial charge in [-0.25, -0.2) is 4.98 Å². The van der Waals surface area contributed by atoms with Gasteiger partial charge in [0.25, 0.3) is 11.3 Å². The summed E-state index contributed by atoms with van der Waals surface area (Å²) in [5.41, 5.74) is 4.15. The summed E-state index contributed by atoms with van der Waals surface area (Å²) >= 11 is 0. The van der Waals surface area contributed by atoms with Gasteiger partial charge < -0.3 is 14.3 Å². The van der Waals surface area contributed by atoms with Crippen molar-refractivity contribution in [1.82, 2.24) is 19.6 Å². The third kappa shape index (κ3) is 3.15. The topological polar surface area (TPSA) is 84.5 Å². The summed E-state index contributed by atoms with van der Waals surface area (Å²) in [6.07, 6.45) is 1.35. The highest BCUT2D eigenvalue weighted by atomic mass is 16.5. The van der Waals surface area contributed by atoms with Crippen LogP contribution < -0.4 is 10.5 Å². The van der Waals surface area contributed by atoms with E-state index < -0.39 is 0 Å². The number of nitrogens with zero attached hydrogens (tertiary/aromatic N) is 5. The minimum absolute atomic E-state index is 0.0319. The molecule has 1 aliphatic rings. The first-order valence-electron chi connectivity index (χ1n) is 9.36. The van der Waals surface area contributed by atoms with E-state index in [-0.39, 0.29) is 23.7 Å². The van der Waals surface area contributed by atoms with Crippen LogP contribution in [0, 0.1) is 20.8 Å². The molecule has 1 aromatic carbocycles. The van der Waals surface area contributed by atoms with Gasteiger partial charge in [0.2, 0.25) is 5.91 Å². The maximum absolute atomic E-state index is 12.7. The molecule has 0 bridgehead atoms. The standard InChI is InChI=1S/C20H23N5O3/c1-13-5-4-6-16(14(13)2)23-7-9-24(10-8-23)17(26)11-25-12-21-19-18(20(25)27)15(3)22-28-19/h4-6,12H,7-11H2,1-3H3. The SMILES string of the molecule is Cc1cccc(N2CCN(C(=O)Cn3cnc4onc(C)c4c3=O)CC2)c1C. The van der Waals surface area contributed by atoms with Crippen LogP contribution in [0.15, 0.2) is 33.8 Å². The van der Waals surface area contributed by atoms with E-state index in [1.807, 2.05) is 0 Å². The normalized spacial score (nSPS) is 14.7. The van der Waals surface area contributed by atoms with Crippen molar-refractivity contribution < 1.29 is 9.32 Å². The van der Waals surface area contributed by atoms with Crippen molar-refractivity contribution in [3.63, 3.8) is 0 Å². The number of carbonyl (C=O) groups is 1. The first kappa shape index (κ1) is 18.2. The molecular weight excluding hydrogens is 358 g/mol. The molecule has 0 spiro atoms. The van der Waals surface area contributed by atoms with E-state index in [0.29, 0.717) is 24.2 Å². The monoisotopic (exact) mass is 381 g/mol. The van der Waals surface area contributed by atoms with Crippen molar-refractivity contribution in [2.24, 2.45) is 0 Å². The van der Waals surface area contributed by atoms with Crippen molar-refractivity contribution in [3.05, 3.63) is 51.7 Å². The van der Waals surface area contributed by atoms with E-state index in [4.69, 9.17) is 4.52 Å². The molecule has 3 heterocycles. The Morgan fingerprint density at radius 2 is 1.89 bits per heavy atom. The number of aromatic nitrogens is 3. The molecule has 2 aromatic heterocycles. The summed E-state index contributed by atoms with van der Waals surface area (Å²) in [4.78, 5) is 33.5. The van der Waals surface area contributed by atoms with E-state index >= 15 is 0 Å². The largest absolute Gasteiger partial charge is 0.368 e. The Bertz CT molecular complexity index is 1090. The van der Waals surface area contributed by atoms with Gasteiger partial charge in [0.1, 0.15) is 18.3 Å². The number of fused-ring (bicyclic) bond motifs is 1. The van der Waals surface area contributed by atoms with Gasteiger partial charge in [-0.15, -0.1) is 0 Å². The fourth-order valence-electron chi connectivity index (χ4n) is 3.64. The van der Waals surface area contributed by atoms with Crippen LogP contribution in [0.25, 0.3) is 11.1 Å². The number of benzene rings is 1. The summed E-state index contributed by atoms with van der Waals surface area (Å²) in [7, 11) is 0. The molecule has 28 heavy (non-hydrogen) atoms. The third-order valence-corrected chi connectivity index (χ3v) is 5.49. The van der Waals surface area contributed by atoms with Crippen molar-refractivity contribution >= 4 is 22.7 Å². The zero-order valence-corrected chi connectivity index (χ0v) is 16.3. The molecule has 1 aliphatic heterocycles. The Morgan fingerprint density at radius 1 is 1.14 bits per heavy atom. The first-order valence-corrected chi connectivity index (χ1v) is 9.36. The maximum atomic E-state index is 12.7. The molecule has 0 saturated carbocycles. The zero-order chi connectivity index (χ0) is 19.8. The van der Waals surface area contributed by atoms with Gasteiger partial charge in [-0.1, -0.05) is 17.3 Å². The van der Waals surface area contributed by atoms with Crippen LogP contribution in [0.2, 0.25) is 0 Å². The van der Waals surface area contributed by atoms with Crippen LogP contribution in [0.1, 0.15) is 16.8 Å². The molecule has 1 fully saturated rings. The molecule has 0 aliphatic carbocycles. The number of rotatable bonds is 3. The molecular formula is C20H23N5O3. The molecule has 3 aromatic rings. The Morgan fingerprint density at radius 3 is 2.64 bits per heavy atom. The lowest BCUT2D eigenvalue weighted by Crippen LogP contribution is -2.50. The Kier molecular flexibility index (Phi) is 4.62. The highest BCUT2D eigenvalue weighted by Crippen LogP contribution is 2.23. The molecule has 8 heteroatoms. The molecule has 8 nitrogen and oxygen atoms in total. The number of amides is 1. The molecule has 0 atom stereocenters. The van der Waals surface area contributed by atoms with Gasteiger partial charge >= 0.3 is 0 Å². The van der Waals surface area contributed by atoms with Crippen molar-refractivity contribution in [2.75, 3.05) is 31.1 Å². The lowest BCUT2D eigenvalue weighted by Gasteiger charge is -2.37. The fourth-order valence-corrected chi connectivity index (χ4v) is 3.64. The molecule has 0 unspecified atom stereocenters. The van der Waals surface area contributed by atoms with E-state index in [2.05, 4.69) is 47.1 Å². The average molecular weight is 381 g/mol. The van der Waals surface area contributed by atoms with Gasteiger partial charge in [0.05, 0.1) is 5.69 Å². The van der Waals surface area contributed by atoms with Gasteiger partial charge in [-0.3, -0.25) is 14.2 Å². The highest BCUT2D eigenvalue weighted by Gasteiger charge is 2.23. The van der Waals surface area contributed by atoms with E-state index in [0.717, 1.165) is 13.1 Å². The van der Waals surface area contributed by atoms with Crippen molar-refractivity contribution in [3.8, 4) is 0 Å². The van der Waals surface area contributed by atoms with E-state index in [1.165, 1.54) is 27.7 Å². The van der Waals surface area contributed by atoms with Crippen LogP contribution >= 0.6 is 0 Å². The van der Waals surface area contributed by atoms with Crippen LogP contribution in [0.4, 0.5) is 5.69 Å².